The number of thiazole rings is 1. The van der Waals surface area contributed by atoms with Gasteiger partial charge in [-0.1, -0.05) is 26.8 Å². The molecule has 0 radical (unpaired) electrons. The van der Waals surface area contributed by atoms with Crippen LogP contribution in [-0.2, 0) is 21.4 Å². The van der Waals surface area contributed by atoms with Crippen LogP contribution in [0, 0.1) is 6.92 Å². The zero-order valence-electron chi connectivity index (χ0n) is 26.5. The summed E-state index contributed by atoms with van der Waals surface area (Å²) in [5.74, 6) is -0.597. The van der Waals surface area contributed by atoms with E-state index in [-0.39, 0.29) is 30.1 Å². The number of aryl methyl sites for hydroxylation is 1. The molecule has 1 aliphatic rings. The number of carbonyl (C=O) groups excluding carboxylic acids is 2. The molecule has 0 saturated carbocycles. The number of rotatable bonds is 7. The molecule has 1 saturated heterocycles. The molecule has 3 atom stereocenters. The zero-order valence-corrected chi connectivity index (χ0v) is 28.1. The summed E-state index contributed by atoms with van der Waals surface area (Å²) in [7, 11) is 1.60. The Morgan fingerprint density at radius 3 is 2.41 bits per heavy atom. The number of likely N-dealkylation sites (tertiary alicyclic amines) is 1. The van der Waals surface area contributed by atoms with Gasteiger partial charge in [0.05, 0.1) is 24.5 Å². The molecule has 9 nitrogen and oxygen atoms in total. The lowest BCUT2D eigenvalue weighted by atomic mass is 9.84. The summed E-state index contributed by atoms with van der Waals surface area (Å²) in [5, 5.41) is 2.59. The largest absolute Gasteiger partial charge is 0.496 e. The predicted octanol–water partition coefficient (Wildman–Crippen LogP) is 6.70. The van der Waals surface area contributed by atoms with E-state index in [1.165, 1.54) is 22.9 Å². The molecule has 4 heterocycles. The molecule has 0 bridgehead atoms. The van der Waals surface area contributed by atoms with Crippen LogP contribution in [0.5, 0.6) is 5.75 Å². The van der Waals surface area contributed by atoms with Gasteiger partial charge in [0.2, 0.25) is 0 Å². The number of amides is 1. The molecule has 0 spiro atoms. The second kappa shape index (κ2) is 12.0. The molecule has 3 aromatic heterocycles. The molecule has 1 amide bonds. The lowest BCUT2D eigenvalue weighted by molar-refractivity contribution is -0.167. The third-order valence-corrected chi connectivity index (χ3v) is 9.33. The Morgan fingerprint density at radius 1 is 1.07 bits per heavy atom. The van der Waals surface area contributed by atoms with Crippen LogP contribution < -0.4 is 4.74 Å². The maximum absolute atomic E-state index is 15.0. The monoisotopic (exact) mass is 633 g/mol. The molecular formula is C33H39N5O4S2. The average Bonchev–Trinajstić information content (AvgIpc) is 3.71. The molecule has 11 heteroatoms. The fourth-order valence-corrected chi connectivity index (χ4v) is 7.37. The lowest BCUT2D eigenvalue weighted by Crippen LogP contribution is -2.57. The summed E-state index contributed by atoms with van der Waals surface area (Å²) in [6, 6.07) is 6.79. The molecule has 232 valence electrons. The Labute approximate surface area is 266 Å². The Kier molecular flexibility index (Phi) is 8.65. The van der Waals surface area contributed by atoms with Crippen molar-refractivity contribution in [3.8, 4) is 5.75 Å². The van der Waals surface area contributed by atoms with Crippen LogP contribution in [0.1, 0.15) is 97.1 Å². The van der Waals surface area contributed by atoms with Crippen molar-refractivity contribution in [2.45, 2.75) is 89.8 Å². The van der Waals surface area contributed by atoms with Crippen LogP contribution >= 0.6 is 22.9 Å². The van der Waals surface area contributed by atoms with E-state index < -0.39 is 23.2 Å². The van der Waals surface area contributed by atoms with Gasteiger partial charge in [-0.25, -0.2) is 9.78 Å². The first-order valence-corrected chi connectivity index (χ1v) is 16.2. The van der Waals surface area contributed by atoms with Crippen LogP contribution in [0.2, 0.25) is 0 Å². The quantitative estimate of drug-likeness (QED) is 0.207. The number of methoxy groups -OCH3 is 1. The number of esters is 1. The van der Waals surface area contributed by atoms with Crippen molar-refractivity contribution in [1.29, 1.82) is 0 Å². The van der Waals surface area contributed by atoms with Crippen molar-refractivity contribution in [3.05, 3.63) is 86.8 Å². The third kappa shape index (κ3) is 6.25. The number of nitrogens with zero attached hydrogens (tertiary/aromatic N) is 5. The lowest BCUT2D eigenvalue weighted by Gasteiger charge is -2.40. The van der Waals surface area contributed by atoms with E-state index in [1.807, 2.05) is 51.3 Å². The normalized spacial score (nSPS) is 20.5. The maximum atomic E-state index is 15.0. The maximum Gasteiger partial charge on any atom is 0.333 e. The Balaban J connectivity index is 1.77. The predicted molar refractivity (Wildman–Crippen MR) is 171 cm³/mol. The van der Waals surface area contributed by atoms with Crippen molar-refractivity contribution in [3.63, 3.8) is 0 Å². The molecule has 44 heavy (non-hydrogen) atoms. The fraction of sp³-hybridized carbons (Fsp3) is 0.455. The minimum absolute atomic E-state index is 0.173. The van der Waals surface area contributed by atoms with E-state index >= 15 is 4.79 Å². The van der Waals surface area contributed by atoms with Crippen LogP contribution in [-0.4, -0.2) is 54.4 Å². The van der Waals surface area contributed by atoms with Gasteiger partial charge in [-0.2, -0.15) is 4.37 Å². The van der Waals surface area contributed by atoms with Crippen LogP contribution in [0.3, 0.4) is 0 Å². The first-order valence-electron chi connectivity index (χ1n) is 14.6. The minimum Gasteiger partial charge on any atom is -0.496 e. The number of carbonyl (C=O) groups is 2. The molecule has 4 aromatic rings. The van der Waals surface area contributed by atoms with E-state index in [0.29, 0.717) is 27.7 Å². The highest BCUT2D eigenvalue weighted by Gasteiger charge is 2.61. The average molecular weight is 634 g/mol. The molecular weight excluding hydrogens is 595 g/mol. The highest BCUT2D eigenvalue weighted by Crippen LogP contribution is 2.54. The SMILES string of the molecule is COc1cc(C(=O)N2[C@@H](c3ncc(C)s3)[C@@H](c3cnccn3)C[C@@]2(Cc2ccsn2)C(=O)OC(C)(C)C)ccc1C(C)(C)C. The highest BCUT2D eigenvalue weighted by molar-refractivity contribution is 7.11. The summed E-state index contributed by atoms with van der Waals surface area (Å²) in [6.07, 6.45) is 7.18. The molecule has 1 fully saturated rings. The summed E-state index contributed by atoms with van der Waals surface area (Å²) >= 11 is 2.81. The number of hydrogen-bond acceptors (Lipinski definition) is 10. The van der Waals surface area contributed by atoms with Crippen molar-refractivity contribution < 1.29 is 19.1 Å². The summed E-state index contributed by atoms with van der Waals surface area (Å²) in [6.45, 7) is 13.8. The molecule has 5 rings (SSSR count). The zero-order chi connectivity index (χ0) is 31.9. The Bertz CT molecular complexity index is 1630. The molecule has 1 aliphatic heterocycles. The smallest absolute Gasteiger partial charge is 0.333 e. The van der Waals surface area contributed by atoms with Gasteiger partial charge in [-0.3, -0.25) is 14.8 Å². The second-order valence-electron chi connectivity index (χ2n) is 13.2. The van der Waals surface area contributed by atoms with Gasteiger partial charge in [0.15, 0.2) is 0 Å². The van der Waals surface area contributed by atoms with Crippen LogP contribution in [0.15, 0.2) is 54.4 Å². The first kappa shape index (κ1) is 31.7. The van der Waals surface area contributed by atoms with Crippen molar-refractivity contribution in [2.75, 3.05) is 7.11 Å². The van der Waals surface area contributed by atoms with Crippen LogP contribution in [0.25, 0.3) is 0 Å². The second-order valence-corrected chi connectivity index (χ2v) is 15.2. The van der Waals surface area contributed by atoms with Crippen molar-refractivity contribution in [1.82, 2.24) is 24.2 Å². The number of hydrogen-bond donors (Lipinski definition) is 0. The first-order chi connectivity index (χ1) is 20.7. The molecule has 0 unspecified atom stereocenters. The van der Waals surface area contributed by atoms with E-state index in [2.05, 4.69) is 35.1 Å². The number of aromatic nitrogens is 4. The summed E-state index contributed by atoms with van der Waals surface area (Å²) in [5.41, 5.74) is 0.337. The third-order valence-electron chi connectivity index (χ3n) is 7.75. The van der Waals surface area contributed by atoms with Crippen LogP contribution in [0.4, 0.5) is 0 Å². The van der Waals surface area contributed by atoms with Gasteiger partial charge < -0.3 is 14.4 Å². The van der Waals surface area contributed by atoms with Gasteiger partial charge in [-0.15, -0.1) is 11.3 Å². The van der Waals surface area contributed by atoms with Gasteiger partial charge in [0, 0.05) is 52.9 Å². The van der Waals surface area contributed by atoms with Gasteiger partial charge in [0.1, 0.15) is 21.9 Å². The Morgan fingerprint density at radius 2 is 1.84 bits per heavy atom. The van der Waals surface area contributed by atoms with E-state index in [4.69, 9.17) is 14.5 Å². The number of benzene rings is 1. The molecule has 0 aliphatic carbocycles. The van der Waals surface area contributed by atoms with E-state index in [9.17, 15) is 4.79 Å². The highest BCUT2D eigenvalue weighted by atomic mass is 32.1. The van der Waals surface area contributed by atoms with Gasteiger partial charge in [-0.05, 0) is 74.8 Å². The standard InChI is InChI=1S/C33H39N5O4S2/c1-20-18-36-28(44-20)27-23(25-19-34-12-13-35-25)17-33(16-22-11-14-43-37-22,30(40)42-32(5,6)7)38(27)29(39)21-9-10-24(31(2,3)4)26(15-21)41-8/h9-15,18-19,23,27H,16-17H2,1-8H3/t23-,27-,33+/m1/s1. The molecule has 0 N–H and O–H groups in total. The Hall–Kier alpha value is -3.70. The number of ether oxygens (including phenoxy) is 2. The summed E-state index contributed by atoms with van der Waals surface area (Å²) in [4.78, 5) is 46.1. The topological polar surface area (TPSA) is 107 Å². The van der Waals surface area contributed by atoms with Gasteiger partial charge >= 0.3 is 5.97 Å². The fourth-order valence-electron chi connectivity index (χ4n) is 5.90. The van der Waals surface area contributed by atoms with E-state index in [1.54, 1.807) is 42.9 Å². The van der Waals surface area contributed by atoms with Crippen molar-refractivity contribution >= 4 is 34.7 Å². The van der Waals surface area contributed by atoms with Gasteiger partial charge in [0.25, 0.3) is 5.91 Å². The summed E-state index contributed by atoms with van der Waals surface area (Å²) < 4.78 is 16.5. The molecule has 1 aromatic carbocycles. The van der Waals surface area contributed by atoms with E-state index in [0.717, 1.165) is 10.4 Å². The van der Waals surface area contributed by atoms with Crippen molar-refractivity contribution in [2.24, 2.45) is 0 Å². The minimum atomic E-state index is -1.42.